The average Bonchev–Trinajstić information content (AvgIpc) is 4.04. The van der Waals surface area contributed by atoms with E-state index in [0.717, 1.165) is 6.20 Å². The van der Waals surface area contributed by atoms with Crippen LogP contribution in [0.4, 0.5) is 11.9 Å². The maximum Gasteiger partial charge on any atom is 0.305 e. The molecule has 3 aromatic heterocycles. The molecule has 0 spiro atoms. The zero-order valence-corrected chi connectivity index (χ0v) is 42.7. The summed E-state index contributed by atoms with van der Waals surface area (Å²) in [4.78, 5) is 105. The van der Waals surface area contributed by atoms with Gasteiger partial charge in [0.15, 0.2) is 0 Å². The van der Waals surface area contributed by atoms with Crippen molar-refractivity contribution >= 4 is 87.4 Å². The molecule has 0 atom stereocenters. The van der Waals surface area contributed by atoms with E-state index in [0.29, 0.717) is 29.0 Å². The molecule has 0 unspecified atom stereocenters. The number of aromatic nitrogens is 6. The van der Waals surface area contributed by atoms with E-state index in [9.17, 15) is 48.9 Å². The first-order chi connectivity index (χ1) is 36.7. The lowest BCUT2D eigenvalue weighted by Crippen LogP contribution is -2.34. The van der Waals surface area contributed by atoms with Crippen LogP contribution in [-0.4, -0.2) is 130 Å². The van der Waals surface area contributed by atoms with E-state index in [1.807, 2.05) is 6.92 Å². The zero-order chi connectivity index (χ0) is 56.3. The van der Waals surface area contributed by atoms with Crippen LogP contribution in [0.1, 0.15) is 83.4 Å². The van der Waals surface area contributed by atoms with Crippen LogP contribution >= 0.6 is 0 Å². The van der Waals surface area contributed by atoms with Crippen molar-refractivity contribution < 1.29 is 58.4 Å². The first kappa shape index (κ1) is 58.1. The molecule has 5 rings (SSSR count). The lowest BCUT2D eigenvalue weighted by atomic mass is 10.1. The number of nitrogens with two attached hydrogens (primary N) is 4. The van der Waals surface area contributed by atoms with Gasteiger partial charge in [0.2, 0.25) is 23.7 Å². The number of carbonyl (C=O) groups is 7. The molecule has 4 amide bonds. The van der Waals surface area contributed by atoms with Gasteiger partial charge in [-0.3, -0.25) is 58.9 Å². The Kier molecular flexibility index (Phi) is 20.7. The first-order valence-corrected chi connectivity index (χ1v) is 24.0. The number of hydrogen-bond acceptors (Lipinski definition) is 17. The molecule has 0 saturated carbocycles. The lowest BCUT2D eigenvalue weighted by Gasteiger charge is -2.16. The molecule has 0 aliphatic carbocycles. The molecule has 2 aromatic carbocycles. The quantitative estimate of drug-likeness (QED) is 0.0179. The SMILES string of the molecule is CCN=C(/C=C(/C)N)C(=O)Nc1nc2cc(C(N)=O)cc(OCCCC(=O)O)c2n1C/C=C/Cn1c(NC(=O)c2cc(C)nn2CC)nc2cc(C(N)=O)cc(OC/C=C/CN=C/C(=C\N)NC(CC(=O)O)CC(=O)O)c21. The van der Waals surface area contributed by atoms with Crippen LogP contribution in [0.3, 0.4) is 0 Å². The van der Waals surface area contributed by atoms with Crippen molar-refractivity contribution in [2.45, 2.75) is 79.1 Å². The molecule has 0 aliphatic rings. The van der Waals surface area contributed by atoms with Crippen LogP contribution in [-0.2, 0) is 38.8 Å². The number of hydrogen-bond donors (Lipinski definition) is 10. The third-order valence-electron chi connectivity index (χ3n) is 10.9. The van der Waals surface area contributed by atoms with Gasteiger partial charge in [-0.05, 0) is 76.6 Å². The smallest absolute Gasteiger partial charge is 0.305 e. The molecule has 77 heavy (non-hydrogen) atoms. The molecule has 0 fully saturated rings. The Bertz CT molecular complexity index is 3210. The third-order valence-corrected chi connectivity index (χ3v) is 10.9. The predicted octanol–water partition coefficient (Wildman–Crippen LogP) is 2.84. The molecular weight excluding hydrogens is 1000 g/mol. The van der Waals surface area contributed by atoms with Gasteiger partial charge in [0.05, 0.1) is 48.4 Å². The highest BCUT2D eigenvalue weighted by Gasteiger charge is 2.24. The number of nitrogens with zero attached hydrogens (tertiary/aromatic N) is 8. The number of rotatable bonds is 30. The van der Waals surface area contributed by atoms with Crippen molar-refractivity contribution in [2.24, 2.45) is 32.9 Å². The van der Waals surface area contributed by atoms with Crippen molar-refractivity contribution in [1.29, 1.82) is 0 Å². The van der Waals surface area contributed by atoms with Crippen LogP contribution < -0.4 is 48.4 Å². The van der Waals surface area contributed by atoms with Crippen LogP contribution in [0.25, 0.3) is 22.1 Å². The molecule has 0 saturated heterocycles. The Morgan fingerprint density at radius 3 is 1.88 bits per heavy atom. The van der Waals surface area contributed by atoms with Gasteiger partial charge in [-0.1, -0.05) is 18.2 Å². The second-order valence-electron chi connectivity index (χ2n) is 16.9. The Morgan fingerprint density at radius 2 is 1.36 bits per heavy atom. The number of anilines is 2. The second-order valence-corrected chi connectivity index (χ2v) is 16.9. The van der Waals surface area contributed by atoms with Gasteiger partial charge >= 0.3 is 17.9 Å². The molecule has 0 radical (unpaired) electrons. The van der Waals surface area contributed by atoms with Crippen LogP contribution in [0, 0.1) is 6.92 Å². The molecule has 0 bridgehead atoms. The van der Waals surface area contributed by atoms with Gasteiger partial charge < -0.3 is 62.2 Å². The van der Waals surface area contributed by atoms with E-state index >= 15 is 0 Å². The molecule has 14 N–H and O–H groups in total. The highest BCUT2D eigenvalue weighted by Crippen LogP contribution is 2.33. The summed E-state index contributed by atoms with van der Waals surface area (Å²) in [7, 11) is 0. The van der Waals surface area contributed by atoms with Gasteiger partial charge in [-0.25, -0.2) is 9.97 Å². The fraction of sp³-hybridized carbons (Fsp3) is 0.320. The lowest BCUT2D eigenvalue weighted by molar-refractivity contribution is -0.140. The van der Waals surface area contributed by atoms with Crippen molar-refractivity contribution in [3.05, 3.63) is 101 Å². The summed E-state index contributed by atoms with van der Waals surface area (Å²) in [6, 6.07) is 6.36. The third kappa shape index (κ3) is 16.3. The number of aliphatic carboxylic acids is 3. The first-order valence-electron chi connectivity index (χ1n) is 24.0. The number of carboxylic acids is 3. The minimum atomic E-state index is -1.20. The van der Waals surface area contributed by atoms with Crippen molar-refractivity contribution in [3.63, 3.8) is 0 Å². The summed E-state index contributed by atoms with van der Waals surface area (Å²) in [5.74, 6) is -5.90. The summed E-state index contributed by atoms with van der Waals surface area (Å²) >= 11 is 0. The van der Waals surface area contributed by atoms with Crippen molar-refractivity contribution in [2.75, 3.05) is 36.9 Å². The Hall–Kier alpha value is -9.82. The van der Waals surface area contributed by atoms with E-state index in [1.165, 1.54) is 41.2 Å². The van der Waals surface area contributed by atoms with Crippen molar-refractivity contribution in [1.82, 2.24) is 34.2 Å². The van der Waals surface area contributed by atoms with Gasteiger partial charge in [0.1, 0.15) is 40.5 Å². The van der Waals surface area contributed by atoms with Gasteiger partial charge in [0.25, 0.3) is 11.8 Å². The summed E-state index contributed by atoms with van der Waals surface area (Å²) < 4.78 is 17.0. The maximum atomic E-state index is 13.9. The number of primary amides is 2. The molecule has 27 heteroatoms. The molecular formula is C50H61N15O12. The van der Waals surface area contributed by atoms with Crippen LogP contribution in [0.2, 0.25) is 0 Å². The second kappa shape index (κ2) is 27.5. The van der Waals surface area contributed by atoms with Gasteiger partial charge in [0, 0.05) is 67.9 Å². The average molecular weight is 1060 g/mol. The number of carboxylic acid groups (broad SMARTS) is 3. The molecule has 3 heterocycles. The van der Waals surface area contributed by atoms with Crippen molar-refractivity contribution in [3.8, 4) is 11.5 Å². The van der Waals surface area contributed by atoms with Crippen LogP contribution in [0.5, 0.6) is 11.5 Å². The Morgan fingerprint density at radius 1 is 0.779 bits per heavy atom. The zero-order valence-electron chi connectivity index (χ0n) is 42.7. The van der Waals surface area contributed by atoms with E-state index < -0.39 is 60.4 Å². The number of aliphatic imine (C=N–C) groups is 2. The number of benzene rings is 2. The number of amides is 4. The summed E-state index contributed by atoms with van der Waals surface area (Å²) in [5.41, 5.74) is 25.6. The van der Waals surface area contributed by atoms with E-state index in [-0.39, 0.29) is 115 Å². The number of fused-ring (bicyclic) bond motifs is 2. The Labute approximate surface area is 440 Å². The fourth-order valence-electron chi connectivity index (χ4n) is 7.60. The topological polar surface area (TPSA) is 417 Å². The number of allylic oxidation sites excluding steroid dienone is 4. The highest BCUT2D eigenvalue weighted by molar-refractivity contribution is 6.47. The number of ether oxygens (including phenoxy) is 2. The number of imidazole rings is 2. The standard InChI is InChI=1S/C50H61N15O12/c1-5-56-36(18-28(3)52)47(74)60-49-58-34-20-31(46(54)73)23-39(77-17-11-12-40(66)67)44(34)63(49)14-8-9-15-64-43-35(59-50(64)61-48(75)37-19-29(4)62-65(37)6-2)21-30(45(53)72)22-38(43)76-16-10-7-13-55-27-33(26-51)57-32(24-41(68)69)25-42(70)71/h7-10,18-23,26-27,32,57H,5-6,11-17,24-25,51-52H2,1-4H3,(H2,53,72)(H2,54,73)(H,66,67)(H,68,69)(H,70,71)(H,58,60,74)(H,59,61,75)/b9-8+,10-7+,28-18-,33-26+,55-27?,56-36?. The minimum Gasteiger partial charge on any atom is -0.491 e. The number of nitrogens with one attached hydrogen (secondary N) is 3. The van der Waals surface area contributed by atoms with E-state index in [2.05, 4.69) is 36.0 Å². The normalized spacial score (nSPS) is 12.4. The largest absolute Gasteiger partial charge is 0.491 e. The predicted molar refractivity (Wildman–Crippen MR) is 285 cm³/mol. The monoisotopic (exact) mass is 1060 g/mol. The van der Waals surface area contributed by atoms with Gasteiger partial charge in [-0.2, -0.15) is 5.10 Å². The highest BCUT2D eigenvalue weighted by atomic mass is 16.5. The summed E-state index contributed by atoms with van der Waals surface area (Å²) in [6.45, 7) is 7.48. The minimum absolute atomic E-state index is 0.00359. The molecule has 27 nitrogen and oxygen atoms in total. The number of carbonyl (C=O) groups excluding carboxylic acids is 4. The van der Waals surface area contributed by atoms with E-state index in [4.69, 9.17) is 37.4 Å². The number of aryl methyl sites for hydroxylation is 2. The molecule has 0 aliphatic heterocycles. The summed E-state index contributed by atoms with van der Waals surface area (Å²) in [6.07, 6.45) is 9.53. The van der Waals surface area contributed by atoms with Gasteiger partial charge in [-0.15, -0.1) is 0 Å². The molecule has 408 valence electrons. The fourth-order valence-corrected chi connectivity index (χ4v) is 7.60. The molecule has 5 aromatic rings. The Balaban J connectivity index is 1.55. The van der Waals surface area contributed by atoms with Crippen LogP contribution in [0.15, 0.2) is 88.3 Å². The maximum absolute atomic E-state index is 13.9. The van der Waals surface area contributed by atoms with E-state index in [1.54, 1.807) is 60.3 Å². The summed E-state index contributed by atoms with van der Waals surface area (Å²) in [5, 5.41) is 40.4.